The highest BCUT2D eigenvalue weighted by Gasteiger charge is 2.10. The molecule has 19 heavy (non-hydrogen) atoms. The molecule has 0 aliphatic heterocycles. The van der Waals surface area contributed by atoms with Crippen LogP contribution < -0.4 is 0 Å². The Morgan fingerprint density at radius 3 is 2.95 bits per heavy atom. The SMILES string of the molecule is CS(=O)CCCn1c(CCl)nc2ccc(C#N)cc21. The molecule has 1 unspecified atom stereocenters. The first kappa shape index (κ1) is 14.0. The predicted octanol–water partition coefficient (Wildman–Crippen LogP) is 2.42. The van der Waals surface area contributed by atoms with Crippen LogP contribution in [0.4, 0.5) is 0 Å². The molecular formula is C13H14ClN3OS. The third kappa shape index (κ3) is 3.14. The van der Waals surface area contributed by atoms with Gasteiger partial charge in [0.2, 0.25) is 0 Å². The molecule has 2 aromatic rings. The number of nitrogens with zero attached hydrogens (tertiary/aromatic N) is 3. The molecule has 1 aromatic carbocycles. The summed E-state index contributed by atoms with van der Waals surface area (Å²) in [6, 6.07) is 7.53. The third-order valence-electron chi connectivity index (χ3n) is 2.89. The van der Waals surface area contributed by atoms with Crippen molar-refractivity contribution >= 4 is 33.4 Å². The second kappa shape index (κ2) is 6.18. The number of aromatic nitrogens is 2. The first-order valence-electron chi connectivity index (χ1n) is 5.91. The van der Waals surface area contributed by atoms with E-state index < -0.39 is 10.8 Å². The number of alkyl halides is 1. The highest BCUT2D eigenvalue weighted by Crippen LogP contribution is 2.19. The van der Waals surface area contributed by atoms with E-state index in [1.807, 2.05) is 16.7 Å². The number of imidazole rings is 1. The van der Waals surface area contributed by atoms with Crippen LogP contribution in [0, 0.1) is 11.3 Å². The van der Waals surface area contributed by atoms with Crippen molar-refractivity contribution in [2.45, 2.75) is 18.8 Å². The molecule has 2 rings (SSSR count). The fraction of sp³-hybridized carbons (Fsp3) is 0.385. The van der Waals surface area contributed by atoms with E-state index in [1.54, 1.807) is 12.3 Å². The minimum Gasteiger partial charge on any atom is -0.327 e. The lowest BCUT2D eigenvalue weighted by Crippen LogP contribution is -2.06. The maximum absolute atomic E-state index is 11.1. The van der Waals surface area contributed by atoms with Gasteiger partial charge in [-0.1, -0.05) is 0 Å². The topological polar surface area (TPSA) is 58.7 Å². The molecule has 100 valence electrons. The average molecular weight is 296 g/mol. The van der Waals surface area contributed by atoms with Crippen LogP contribution in [0.1, 0.15) is 17.8 Å². The molecule has 0 aliphatic carbocycles. The Balaban J connectivity index is 2.38. The van der Waals surface area contributed by atoms with Crippen LogP contribution in [-0.2, 0) is 23.2 Å². The van der Waals surface area contributed by atoms with Crippen molar-refractivity contribution in [1.82, 2.24) is 9.55 Å². The van der Waals surface area contributed by atoms with Gasteiger partial charge in [-0.2, -0.15) is 5.26 Å². The number of rotatable bonds is 5. The summed E-state index contributed by atoms with van der Waals surface area (Å²) in [6.45, 7) is 0.715. The zero-order valence-electron chi connectivity index (χ0n) is 10.6. The molecular weight excluding hydrogens is 282 g/mol. The predicted molar refractivity (Wildman–Crippen MR) is 77.6 cm³/mol. The Kier molecular flexibility index (Phi) is 4.56. The van der Waals surface area contributed by atoms with Crippen LogP contribution in [0.15, 0.2) is 18.2 Å². The minimum atomic E-state index is -0.794. The van der Waals surface area contributed by atoms with E-state index in [0.29, 0.717) is 23.7 Å². The van der Waals surface area contributed by atoms with Crippen LogP contribution in [0.3, 0.4) is 0 Å². The Hall–Kier alpha value is -1.38. The molecule has 0 amide bonds. The molecule has 0 bridgehead atoms. The Labute approximate surface area is 119 Å². The van der Waals surface area contributed by atoms with Crippen LogP contribution in [0.2, 0.25) is 0 Å². The van der Waals surface area contributed by atoms with Crippen LogP contribution in [0.5, 0.6) is 0 Å². The number of nitriles is 1. The van der Waals surface area contributed by atoms with Gasteiger partial charge in [0.1, 0.15) is 5.82 Å². The molecule has 1 heterocycles. The van der Waals surface area contributed by atoms with Crippen molar-refractivity contribution in [2.75, 3.05) is 12.0 Å². The van der Waals surface area contributed by atoms with Crippen molar-refractivity contribution in [3.63, 3.8) is 0 Å². The van der Waals surface area contributed by atoms with Crippen LogP contribution in [0.25, 0.3) is 11.0 Å². The second-order valence-corrected chi connectivity index (χ2v) is 6.08. The zero-order valence-corrected chi connectivity index (χ0v) is 12.2. The summed E-state index contributed by atoms with van der Waals surface area (Å²) < 4.78 is 13.1. The number of hydrogen-bond donors (Lipinski definition) is 0. The molecule has 0 N–H and O–H groups in total. The lowest BCUT2D eigenvalue weighted by Gasteiger charge is -2.07. The Bertz CT molecular complexity index is 660. The van der Waals surface area contributed by atoms with E-state index >= 15 is 0 Å². The van der Waals surface area contributed by atoms with Gasteiger partial charge in [-0.3, -0.25) is 4.21 Å². The molecule has 6 heteroatoms. The first-order valence-corrected chi connectivity index (χ1v) is 8.17. The highest BCUT2D eigenvalue weighted by molar-refractivity contribution is 7.84. The molecule has 1 aromatic heterocycles. The van der Waals surface area contributed by atoms with E-state index in [0.717, 1.165) is 23.3 Å². The van der Waals surface area contributed by atoms with Gasteiger partial charge in [0.05, 0.1) is 28.5 Å². The fourth-order valence-corrected chi connectivity index (χ4v) is 2.76. The molecule has 4 nitrogen and oxygen atoms in total. The van der Waals surface area contributed by atoms with Crippen molar-refractivity contribution < 1.29 is 4.21 Å². The number of fused-ring (bicyclic) bond motifs is 1. The zero-order chi connectivity index (χ0) is 13.8. The molecule has 0 aliphatic rings. The standard InChI is InChI=1S/C13H14ClN3OS/c1-19(18)6-2-5-17-12-7-10(9-15)3-4-11(12)16-13(17)8-14/h3-4,7H,2,5-6,8H2,1H3. The van der Waals surface area contributed by atoms with E-state index in [1.165, 1.54) is 0 Å². The van der Waals surface area contributed by atoms with Gasteiger partial charge in [-0.25, -0.2) is 4.98 Å². The van der Waals surface area contributed by atoms with Gasteiger partial charge in [-0.15, -0.1) is 11.6 Å². The quantitative estimate of drug-likeness (QED) is 0.796. The van der Waals surface area contributed by atoms with Crippen molar-refractivity contribution in [1.29, 1.82) is 5.26 Å². The van der Waals surface area contributed by atoms with Gasteiger partial charge in [0, 0.05) is 29.4 Å². The lowest BCUT2D eigenvalue weighted by atomic mass is 10.2. The normalized spacial score (nSPS) is 12.5. The van der Waals surface area contributed by atoms with Crippen molar-refractivity contribution in [2.24, 2.45) is 0 Å². The molecule has 0 fully saturated rings. The number of hydrogen-bond acceptors (Lipinski definition) is 3. The monoisotopic (exact) mass is 295 g/mol. The minimum absolute atomic E-state index is 0.325. The van der Waals surface area contributed by atoms with Gasteiger partial charge in [0.25, 0.3) is 0 Å². The summed E-state index contributed by atoms with van der Waals surface area (Å²) >= 11 is 5.91. The summed E-state index contributed by atoms with van der Waals surface area (Å²) in [5, 5.41) is 8.95. The summed E-state index contributed by atoms with van der Waals surface area (Å²) in [5.74, 6) is 1.76. The van der Waals surface area contributed by atoms with Gasteiger partial charge < -0.3 is 4.57 Å². The molecule has 1 atom stereocenters. The van der Waals surface area contributed by atoms with Gasteiger partial charge >= 0.3 is 0 Å². The summed E-state index contributed by atoms with van der Waals surface area (Å²) in [5.41, 5.74) is 2.36. The van der Waals surface area contributed by atoms with E-state index in [2.05, 4.69) is 11.1 Å². The van der Waals surface area contributed by atoms with E-state index in [9.17, 15) is 4.21 Å². The van der Waals surface area contributed by atoms with Gasteiger partial charge in [-0.05, 0) is 24.6 Å². The molecule has 0 radical (unpaired) electrons. The number of halogens is 1. The molecule has 0 spiro atoms. The summed E-state index contributed by atoms with van der Waals surface area (Å²) in [4.78, 5) is 4.45. The fourth-order valence-electron chi connectivity index (χ4n) is 2.02. The maximum atomic E-state index is 11.1. The Morgan fingerprint density at radius 2 is 2.32 bits per heavy atom. The van der Waals surface area contributed by atoms with Crippen molar-refractivity contribution in [3.8, 4) is 6.07 Å². The van der Waals surface area contributed by atoms with Crippen LogP contribution in [-0.4, -0.2) is 25.8 Å². The largest absolute Gasteiger partial charge is 0.327 e. The number of aryl methyl sites for hydroxylation is 1. The third-order valence-corrected chi connectivity index (χ3v) is 3.99. The summed E-state index contributed by atoms with van der Waals surface area (Å²) in [6.07, 6.45) is 2.50. The highest BCUT2D eigenvalue weighted by atomic mass is 35.5. The summed E-state index contributed by atoms with van der Waals surface area (Å²) in [7, 11) is -0.794. The molecule has 0 saturated heterocycles. The second-order valence-electron chi connectivity index (χ2n) is 4.26. The van der Waals surface area contributed by atoms with E-state index in [4.69, 9.17) is 16.9 Å². The molecule has 0 saturated carbocycles. The smallest absolute Gasteiger partial charge is 0.124 e. The van der Waals surface area contributed by atoms with Crippen molar-refractivity contribution in [3.05, 3.63) is 29.6 Å². The average Bonchev–Trinajstić information content (AvgIpc) is 2.75. The van der Waals surface area contributed by atoms with E-state index in [-0.39, 0.29) is 0 Å². The van der Waals surface area contributed by atoms with Crippen LogP contribution >= 0.6 is 11.6 Å². The number of benzene rings is 1. The Morgan fingerprint density at radius 1 is 1.53 bits per heavy atom. The first-order chi connectivity index (χ1) is 9.15. The maximum Gasteiger partial charge on any atom is 0.124 e. The lowest BCUT2D eigenvalue weighted by molar-refractivity contribution is 0.657. The van der Waals surface area contributed by atoms with Gasteiger partial charge in [0.15, 0.2) is 0 Å².